The van der Waals surface area contributed by atoms with Gasteiger partial charge in [0.1, 0.15) is 5.54 Å². The first kappa shape index (κ1) is 5.91. The van der Waals surface area contributed by atoms with E-state index in [0.29, 0.717) is 12.3 Å². The molecule has 1 heterocycles. The highest BCUT2D eigenvalue weighted by atomic mass is 32.1. The number of rotatable bonds is 2. The van der Waals surface area contributed by atoms with E-state index in [-0.39, 0.29) is 0 Å². The van der Waals surface area contributed by atoms with Crippen LogP contribution in [0.1, 0.15) is 0 Å². The van der Waals surface area contributed by atoms with Gasteiger partial charge >= 0.3 is 5.97 Å². The van der Waals surface area contributed by atoms with Crippen LogP contribution in [-0.2, 0) is 4.79 Å². The minimum absolute atomic E-state index is 0.377. The van der Waals surface area contributed by atoms with Crippen molar-refractivity contribution in [3.05, 3.63) is 0 Å². The highest BCUT2D eigenvalue weighted by Crippen LogP contribution is 2.17. The van der Waals surface area contributed by atoms with Gasteiger partial charge in [-0.1, -0.05) is 0 Å². The second-order valence-electron chi connectivity index (χ2n) is 1.90. The summed E-state index contributed by atoms with van der Waals surface area (Å²) >= 11 is 3.86. The molecule has 0 aromatic carbocycles. The van der Waals surface area contributed by atoms with Gasteiger partial charge < -0.3 is 5.11 Å². The highest BCUT2D eigenvalue weighted by Gasteiger charge is 2.48. The molecular weight excluding hydrogens is 126 g/mol. The van der Waals surface area contributed by atoms with E-state index in [4.69, 9.17) is 5.11 Å². The second-order valence-corrected chi connectivity index (χ2v) is 2.22. The van der Waals surface area contributed by atoms with Gasteiger partial charge in [-0.15, -0.1) is 0 Å². The van der Waals surface area contributed by atoms with Gasteiger partial charge in [-0.2, -0.15) is 12.6 Å². The second kappa shape index (κ2) is 1.63. The Morgan fingerprint density at radius 1 is 2.00 bits per heavy atom. The molecule has 1 rings (SSSR count). The predicted molar refractivity (Wildman–Crippen MR) is 32.2 cm³/mol. The van der Waals surface area contributed by atoms with Gasteiger partial charge in [0.15, 0.2) is 0 Å². The summed E-state index contributed by atoms with van der Waals surface area (Å²) in [5, 5.41) is 11.1. The van der Waals surface area contributed by atoms with Crippen molar-refractivity contribution in [2.24, 2.45) is 0 Å². The Kier molecular flexibility index (Phi) is 1.21. The van der Waals surface area contributed by atoms with Crippen molar-refractivity contribution in [1.29, 1.82) is 0 Å². The van der Waals surface area contributed by atoms with Crippen LogP contribution < -0.4 is 5.32 Å². The Hall–Kier alpha value is -0.220. The Balaban J connectivity index is 2.53. The molecule has 0 aromatic rings. The number of carboxylic acids is 1. The molecule has 8 heavy (non-hydrogen) atoms. The number of thiol groups is 1. The average Bonchev–Trinajstić information content (AvgIpc) is 2.44. The van der Waals surface area contributed by atoms with Gasteiger partial charge in [0, 0.05) is 12.3 Å². The number of hydrogen-bond acceptors (Lipinski definition) is 3. The van der Waals surface area contributed by atoms with E-state index in [1.54, 1.807) is 0 Å². The van der Waals surface area contributed by atoms with Crippen LogP contribution in [-0.4, -0.2) is 28.9 Å². The fourth-order valence-electron chi connectivity index (χ4n) is 0.437. The van der Waals surface area contributed by atoms with Crippen molar-refractivity contribution in [2.75, 3.05) is 12.3 Å². The summed E-state index contributed by atoms with van der Waals surface area (Å²) in [4.78, 5) is 10.2. The lowest BCUT2D eigenvalue weighted by Crippen LogP contribution is -2.29. The van der Waals surface area contributed by atoms with Gasteiger partial charge in [0.05, 0.1) is 0 Å². The lowest BCUT2D eigenvalue weighted by molar-refractivity contribution is -0.139. The molecule has 1 aliphatic rings. The van der Waals surface area contributed by atoms with E-state index >= 15 is 0 Å². The highest BCUT2D eigenvalue weighted by molar-refractivity contribution is 7.80. The fourth-order valence-corrected chi connectivity index (χ4v) is 0.796. The maximum absolute atomic E-state index is 10.2. The largest absolute Gasteiger partial charge is 0.480 e. The van der Waals surface area contributed by atoms with Crippen LogP contribution in [0.4, 0.5) is 0 Å². The molecule has 0 amide bonds. The van der Waals surface area contributed by atoms with Crippen molar-refractivity contribution in [3.8, 4) is 0 Å². The third-order valence-corrected chi connectivity index (χ3v) is 1.82. The molecule has 0 radical (unpaired) electrons. The van der Waals surface area contributed by atoms with E-state index in [0.717, 1.165) is 0 Å². The first-order valence-corrected chi connectivity index (χ1v) is 2.94. The maximum Gasteiger partial charge on any atom is 0.326 e. The molecule has 0 spiro atoms. The Bertz CT molecular complexity index is 121. The smallest absolute Gasteiger partial charge is 0.326 e. The van der Waals surface area contributed by atoms with Crippen molar-refractivity contribution in [1.82, 2.24) is 5.32 Å². The molecule has 0 aliphatic carbocycles. The third-order valence-electron chi connectivity index (χ3n) is 1.28. The Morgan fingerprint density at radius 2 is 2.50 bits per heavy atom. The summed E-state index contributed by atoms with van der Waals surface area (Å²) < 4.78 is 0. The molecule has 1 aliphatic heterocycles. The summed E-state index contributed by atoms with van der Waals surface area (Å²) in [5.74, 6) is -0.421. The molecule has 0 bridgehead atoms. The first-order valence-electron chi connectivity index (χ1n) is 2.30. The fraction of sp³-hybridized carbons (Fsp3) is 0.750. The average molecular weight is 133 g/mol. The maximum atomic E-state index is 10.2. The number of nitrogens with one attached hydrogen (secondary N) is 1. The van der Waals surface area contributed by atoms with Crippen molar-refractivity contribution < 1.29 is 9.90 Å². The zero-order chi connectivity index (χ0) is 6.20. The van der Waals surface area contributed by atoms with E-state index in [1.165, 1.54) is 0 Å². The van der Waals surface area contributed by atoms with Crippen LogP contribution in [0.15, 0.2) is 0 Å². The molecule has 1 saturated heterocycles. The quantitative estimate of drug-likeness (QED) is 0.346. The van der Waals surface area contributed by atoms with Crippen molar-refractivity contribution in [3.63, 3.8) is 0 Å². The van der Waals surface area contributed by atoms with E-state index in [1.807, 2.05) is 0 Å². The van der Waals surface area contributed by atoms with E-state index in [2.05, 4.69) is 17.9 Å². The molecule has 4 heteroatoms. The number of carboxylic acid groups (broad SMARTS) is 1. The Morgan fingerprint density at radius 3 is 2.50 bits per heavy atom. The van der Waals surface area contributed by atoms with Gasteiger partial charge in [-0.05, 0) is 0 Å². The number of carbonyl (C=O) groups is 1. The number of hydrogen-bond donors (Lipinski definition) is 3. The van der Waals surface area contributed by atoms with Crippen molar-refractivity contribution in [2.45, 2.75) is 5.54 Å². The summed E-state index contributed by atoms with van der Waals surface area (Å²) in [6.45, 7) is 0.561. The van der Waals surface area contributed by atoms with Gasteiger partial charge in [-0.25, -0.2) is 0 Å². The molecule has 0 unspecified atom stereocenters. The molecule has 1 fully saturated rings. The molecule has 0 aromatic heterocycles. The first-order chi connectivity index (χ1) is 3.71. The third kappa shape index (κ3) is 0.695. The SMILES string of the molecule is O=C(O)[C@@]1(CS)CN1. The molecule has 3 nitrogen and oxygen atoms in total. The van der Waals surface area contributed by atoms with Gasteiger partial charge in [0.25, 0.3) is 0 Å². The topological polar surface area (TPSA) is 59.2 Å². The van der Waals surface area contributed by atoms with Gasteiger partial charge in [-0.3, -0.25) is 10.1 Å². The van der Waals surface area contributed by atoms with Crippen LogP contribution in [0.2, 0.25) is 0 Å². The summed E-state index contributed by atoms with van der Waals surface area (Å²) in [7, 11) is 0. The monoisotopic (exact) mass is 133 g/mol. The standard InChI is InChI=1S/C4H7NO2S/c6-3(7)4(2-8)1-5-4/h5,8H,1-2H2,(H,6,7)/t4-/m0/s1. The van der Waals surface area contributed by atoms with Crippen LogP contribution in [0.25, 0.3) is 0 Å². The van der Waals surface area contributed by atoms with Gasteiger partial charge in [0.2, 0.25) is 0 Å². The van der Waals surface area contributed by atoms with Crippen LogP contribution >= 0.6 is 12.6 Å². The number of aliphatic carboxylic acids is 1. The zero-order valence-electron chi connectivity index (χ0n) is 4.22. The van der Waals surface area contributed by atoms with E-state index in [9.17, 15) is 4.79 Å². The molecule has 0 saturated carbocycles. The lowest BCUT2D eigenvalue weighted by atomic mass is 10.2. The zero-order valence-corrected chi connectivity index (χ0v) is 5.11. The van der Waals surface area contributed by atoms with Crippen LogP contribution in [0.3, 0.4) is 0 Å². The minimum Gasteiger partial charge on any atom is -0.480 e. The minimum atomic E-state index is -0.799. The summed E-state index contributed by atoms with van der Waals surface area (Å²) in [5.41, 5.74) is -0.677. The van der Waals surface area contributed by atoms with Crippen LogP contribution in [0, 0.1) is 0 Å². The van der Waals surface area contributed by atoms with Crippen molar-refractivity contribution >= 4 is 18.6 Å². The van der Waals surface area contributed by atoms with Crippen LogP contribution in [0.5, 0.6) is 0 Å². The van der Waals surface area contributed by atoms with E-state index < -0.39 is 11.5 Å². The normalized spacial score (nSPS) is 34.6. The predicted octanol–water partition coefficient (Wildman–Crippen LogP) is -0.657. The summed E-state index contributed by atoms with van der Waals surface area (Å²) in [6, 6.07) is 0. The Labute approximate surface area is 52.5 Å². The molecule has 2 N–H and O–H groups in total. The lowest BCUT2D eigenvalue weighted by Gasteiger charge is -1.99. The molecule has 46 valence electrons. The molecular formula is C4H7NO2S. The molecule has 1 atom stereocenters. The summed E-state index contributed by atoms with van der Waals surface area (Å²) in [6.07, 6.45) is 0.